The van der Waals surface area contributed by atoms with E-state index in [9.17, 15) is 14.4 Å². The molecule has 382 valence electrons. The fourth-order valence-corrected chi connectivity index (χ4v) is 8.02. The van der Waals surface area contributed by atoms with Gasteiger partial charge in [0.2, 0.25) is 0 Å². The molecule has 0 unspecified atom stereocenters. The third kappa shape index (κ3) is 52.1. The second-order valence-corrected chi connectivity index (χ2v) is 18.8. The number of hydrogen-bond donors (Lipinski definition) is 0. The Morgan fingerprint density at radius 1 is 0.318 bits per heavy atom. The highest BCUT2D eigenvalue weighted by Gasteiger charge is 2.19. The zero-order chi connectivity index (χ0) is 47.9. The molecule has 0 bridgehead atoms. The predicted molar refractivity (Wildman–Crippen MR) is 284 cm³/mol. The van der Waals surface area contributed by atoms with E-state index in [1.54, 1.807) is 0 Å². The molecule has 0 fully saturated rings. The minimum atomic E-state index is -0.783. The van der Waals surface area contributed by atoms with Gasteiger partial charge in [0.15, 0.2) is 6.10 Å². The van der Waals surface area contributed by atoms with E-state index < -0.39 is 6.10 Å². The maximum atomic E-state index is 12.8. The fourth-order valence-electron chi connectivity index (χ4n) is 8.02. The number of carbonyl (C=O) groups is 3. The highest BCUT2D eigenvalue weighted by atomic mass is 16.6. The molecule has 0 radical (unpaired) electrons. The third-order valence-electron chi connectivity index (χ3n) is 12.3. The lowest BCUT2D eigenvalue weighted by Crippen LogP contribution is -2.30. The normalized spacial score (nSPS) is 12.5. The van der Waals surface area contributed by atoms with Crippen molar-refractivity contribution in [1.82, 2.24) is 0 Å². The Bertz CT molecular complexity index is 1200. The quantitative estimate of drug-likeness (QED) is 0.0262. The smallest absolute Gasteiger partial charge is 0.306 e. The molecule has 0 aromatic rings. The Hall–Kier alpha value is -2.89. The van der Waals surface area contributed by atoms with Gasteiger partial charge in [-0.1, -0.05) is 242 Å². The molecule has 0 amide bonds. The van der Waals surface area contributed by atoms with Crippen LogP contribution in [0.1, 0.15) is 284 Å². The standard InChI is InChI=1S/C60H106O6/c1-4-7-10-13-16-19-22-25-28-30-33-35-38-41-44-47-50-53-59(62)65-56-57(55-64-58(61)52-49-46-43-40-37-34-31-27-24-21-18-15-12-9-6-3)66-60(63)54-51-48-45-42-39-36-32-29-26-23-20-17-14-11-8-5-2/h9,12,16,18-19,21,25,27-28,31,57H,4-8,10-11,13-15,17,20,22-24,26,29-30,32-56H2,1-3H3/b12-9+,19-16+,21-18+,28-25+,31-27+/t57-/m1/s1. The van der Waals surface area contributed by atoms with Crippen LogP contribution >= 0.6 is 0 Å². The number of carbonyl (C=O) groups excluding carboxylic acids is 3. The maximum absolute atomic E-state index is 12.8. The first kappa shape index (κ1) is 63.1. The van der Waals surface area contributed by atoms with E-state index in [0.717, 1.165) is 109 Å². The maximum Gasteiger partial charge on any atom is 0.306 e. The molecule has 0 aliphatic heterocycles. The molecule has 0 aliphatic carbocycles. The summed E-state index contributed by atoms with van der Waals surface area (Å²) in [4.78, 5) is 38.1. The van der Waals surface area contributed by atoms with E-state index in [4.69, 9.17) is 14.2 Å². The van der Waals surface area contributed by atoms with Gasteiger partial charge >= 0.3 is 17.9 Å². The molecule has 1 atom stereocenters. The summed E-state index contributed by atoms with van der Waals surface area (Å²) in [5, 5.41) is 0. The summed E-state index contributed by atoms with van der Waals surface area (Å²) in [6.45, 7) is 6.51. The summed E-state index contributed by atoms with van der Waals surface area (Å²) >= 11 is 0. The van der Waals surface area contributed by atoms with Gasteiger partial charge in [0, 0.05) is 19.3 Å². The zero-order valence-electron chi connectivity index (χ0n) is 43.7. The first-order chi connectivity index (χ1) is 32.5. The molecule has 0 saturated heterocycles. The minimum absolute atomic E-state index is 0.0818. The van der Waals surface area contributed by atoms with Gasteiger partial charge in [-0.25, -0.2) is 0 Å². The first-order valence-corrected chi connectivity index (χ1v) is 28.3. The van der Waals surface area contributed by atoms with Crippen molar-refractivity contribution in [2.75, 3.05) is 13.2 Å². The number of hydrogen-bond acceptors (Lipinski definition) is 6. The molecule has 0 heterocycles. The van der Waals surface area contributed by atoms with Crippen molar-refractivity contribution in [3.05, 3.63) is 60.8 Å². The molecule has 66 heavy (non-hydrogen) atoms. The average molecular weight is 924 g/mol. The van der Waals surface area contributed by atoms with Crippen molar-refractivity contribution >= 4 is 17.9 Å². The summed E-state index contributed by atoms with van der Waals surface area (Å²) in [6.07, 6.45) is 67.7. The lowest BCUT2D eigenvalue weighted by Gasteiger charge is -2.18. The van der Waals surface area contributed by atoms with Gasteiger partial charge in [0.05, 0.1) is 0 Å². The Morgan fingerprint density at radius 3 is 0.955 bits per heavy atom. The van der Waals surface area contributed by atoms with Gasteiger partial charge in [-0.15, -0.1) is 0 Å². The van der Waals surface area contributed by atoms with Crippen molar-refractivity contribution in [3.8, 4) is 0 Å². The number of allylic oxidation sites excluding steroid dienone is 10. The molecule has 0 aliphatic rings. The van der Waals surface area contributed by atoms with Gasteiger partial charge in [-0.05, 0) is 83.5 Å². The van der Waals surface area contributed by atoms with E-state index in [2.05, 4.69) is 81.5 Å². The Morgan fingerprint density at radius 2 is 0.591 bits per heavy atom. The summed E-state index contributed by atoms with van der Waals surface area (Å²) in [5.74, 6) is -0.894. The monoisotopic (exact) mass is 923 g/mol. The van der Waals surface area contributed by atoms with Gasteiger partial charge in [-0.3, -0.25) is 14.4 Å². The van der Waals surface area contributed by atoms with Gasteiger partial charge in [0.25, 0.3) is 0 Å². The SMILES string of the molecule is CC/C=C/C/C=C/C/C=C/CCCCCCCC(=O)OC[C@H](COC(=O)CCCCCCCCC/C=C/C/C=C/CCCCC)OC(=O)CCCCCCCCCCCCCCCCCC. The van der Waals surface area contributed by atoms with Crippen LogP contribution in [0.25, 0.3) is 0 Å². The fraction of sp³-hybridized carbons (Fsp3) is 0.783. The summed E-state index contributed by atoms with van der Waals surface area (Å²) in [5.41, 5.74) is 0. The van der Waals surface area contributed by atoms with Crippen molar-refractivity contribution in [3.63, 3.8) is 0 Å². The van der Waals surface area contributed by atoms with Crippen LogP contribution in [-0.2, 0) is 28.6 Å². The van der Waals surface area contributed by atoms with Crippen LogP contribution in [0.15, 0.2) is 60.8 Å². The predicted octanol–water partition coefficient (Wildman–Crippen LogP) is 18.8. The van der Waals surface area contributed by atoms with E-state index in [0.29, 0.717) is 19.3 Å². The van der Waals surface area contributed by atoms with Crippen molar-refractivity contribution in [1.29, 1.82) is 0 Å². The lowest BCUT2D eigenvalue weighted by molar-refractivity contribution is -0.167. The topological polar surface area (TPSA) is 78.9 Å². The summed E-state index contributed by atoms with van der Waals surface area (Å²) in [6, 6.07) is 0. The number of ether oxygens (including phenoxy) is 3. The molecule has 0 spiro atoms. The molecular weight excluding hydrogens is 817 g/mol. The van der Waals surface area contributed by atoms with E-state index in [1.165, 1.54) is 135 Å². The molecule has 0 aromatic carbocycles. The Balaban J connectivity index is 4.39. The van der Waals surface area contributed by atoms with Gasteiger partial charge in [-0.2, -0.15) is 0 Å². The number of esters is 3. The zero-order valence-corrected chi connectivity index (χ0v) is 43.7. The minimum Gasteiger partial charge on any atom is -0.462 e. The van der Waals surface area contributed by atoms with Crippen LogP contribution in [-0.4, -0.2) is 37.2 Å². The second-order valence-electron chi connectivity index (χ2n) is 18.8. The van der Waals surface area contributed by atoms with E-state index in [-0.39, 0.29) is 31.1 Å². The largest absolute Gasteiger partial charge is 0.462 e. The molecule has 0 rings (SSSR count). The average Bonchev–Trinajstić information content (AvgIpc) is 3.31. The number of unbranched alkanes of at least 4 members (excludes halogenated alkanes) is 30. The third-order valence-corrected chi connectivity index (χ3v) is 12.3. The van der Waals surface area contributed by atoms with Gasteiger partial charge in [0.1, 0.15) is 13.2 Å². The number of rotatable bonds is 51. The second kappa shape index (κ2) is 54.7. The van der Waals surface area contributed by atoms with Crippen LogP contribution in [0.5, 0.6) is 0 Å². The van der Waals surface area contributed by atoms with Crippen LogP contribution in [0.2, 0.25) is 0 Å². The molecule has 6 heteroatoms. The summed E-state index contributed by atoms with van der Waals surface area (Å²) < 4.78 is 16.9. The van der Waals surface area contributed by atoms with Crippen LogP contribution in [0, 0.1) is 0 Å². The molecular formula is C60H106O6. The van der Waals surface area contributed by atoms with Crippen molar-refractivity contribution in [2.24, 2.45) is 0 Å². The molecule has 0 saturated carbocycles. The van der Waals surface area contributed by atoms with Crippen LogP contribution in [0.4, 0.5) is 0 Å². The van der Waals surface area contributed by atoms with Crippen molar-refractivity contribution in [2.45, 2.75) is 290 Å². The van der Waals surface area contributed by atoms with Crippen LogP contribution < -0.4 is 0 Å². The van der Waals surface area contributed by atoms with Crippen molar-refractivity contribution < 1.29 is 28.6 Å². The Labute approximate surface area is 409 Å². The van der Waals surface area contributed by atoms with Gasteiger partial charge < -0.3 is 14.2 Å². The van der Waals surface area contributed by atoms with E-state index in [1.807, 2.05) is 0 Å². The molecule has 0 aromatic heterocycles. The molecule has 6 nitrogen and oxygen atoms in total. The Kier molecular flexibility index (Phi) is 52.3. The molecule has 0 N–H and O–H groups in total. The lowest BCUT2D eigenvalue weighted by atomic mass is 10.0. The highest BCUT2D eigenvalue weighted by Crippen LogP contribution is 2.16. The summed E-state index contributed by atoms with van der Waals surface area (Å²) in [7, 11) is 0. The van der Waals surface area contributed by atoms with Crippen LogP contribution in [0.3, 0.4) is 0 Å². The first-order valence-electron chi connectivity index (χ1n) is 28.3. The highest BCUT2D eigenvalue weighted by molar-refractivity contribution is 5.71. The van der Waals surface area contributed by atoms with E-state index >= 15 is 0 Å².